The molecule has 0 unspecified atom stereocenters. The van der Waals surface area contributed by atoms with Gasteiger partial charge in [0.2, 0.25) is 0 Å². The molecule has 2 aromatic rings. The zero-order valence-electron chi connectivity index (χ0n) is 14.7. The van der Waals surface area contributed by atoms with Gasteiger partial charge in [-0.05, 0) is 49.2 Å². The van der Waals surface area contributed by atoms with E-state index >= 15 is 0 Å². The second-order valence-electron chi connectivity index (χ2n) is 5.88. The lowest BCUT2D eigenvalue weighted by Gasteiger charge is -2.23. The Balaban J connectivity index is 2.08. The monoisotopic (exact) mass is 328 g/mol. The highest BCUT2D eigenvalue weighted by Gasteiger charge is 2.10. The van der Waals surface area contributed by atoms with Gasteiger partial charge in [0.1, 0.15) is 0 Å². The van der Waals surface area contributed by atoms with Crippen LogP contribution < -0.4 is 15.2 Å². The molecule has 4 nitrogen and oxygen atoms in total. The van der Waals surface area contributed by atoms with Crippen LogP contribution in [0.5, 0.6) is 11.5 Å². The van der Waals surface area contributed by atoms with Crippen LogP contribution in [0.15, 0.2) is 48.5 Å². The van der Waals surface area contributed by atoms with Crippen LogP contribution in [0.2, 0.25) is 0 Å². The molecule has 4 heteroatoms. The summed E-state index contributed by atoms with van der Waals surface area (Å²) in [5.74, 6) is 1.54. The van der Waals surface area contributed by atoms with Crippen molar-refractivity contribution in [1.82, 2.24) is 4.90 Å². The molecule has 0 bridgehead atoms. The van der Waals surface area contributed by atoms with E-state index in [0.717, 1.165) is 50.5 Å². The van der Waals surface area contributed by atoms with E-state index < -0.39 is 0 Å². The molecule has 2 rings (SSSR count). The molecule has 0 radical (unpaired) electrons. The van der Waals surface area contributed by atoms with Crippen LogP contribution in [-0.2, 0) is 13.1 Å². The molecule has 0 aliphatic rings. The van der Waals surface area contributed by atoms with Crippen molar-refractivity contribution in [3.05, 3.63) is 59.7 Å². The van der Waals surface area contributed by atoms with Crippen molar-refractivity contribution in [2.75, 3.05) is 27.3 Å². The first-order chi connectivity index (χ1) is 11.8. The Hall–Kier alpha value is -2.04. The van der Waals surface area contributed by atoms with Gasteiger partial charge in [0.05, 0.1) is 14.2 Å². The number of methoxy groups -OCH3 is 2. The van der Waals surface area contributed by atoms with Gasteiger partial charge in [0.15, 0.2) is 11.5 Å². The van der Waals surface area contributed by atoms with Gasteiger partial charge in [-0.2, -0.15) is 0 Å². The van der Waals surface area contributed by atoms with Gasteiger partial charge in [0, 0.05) is 13.1 Å². The zero-order valence-corrected chi connectivity index (χ0v) is 14.7. The molecule has 0 aliphatic carbocycles. The predicted octanol–water partition coefficient (Wildman–Crippen LogP) is 3.44. The first-order valence-corrected chi connectivity index (χ1v) is 8.44. The SMILES string of the molecule is COc1ccc(CN(CCCCN)Cc2ccccc2)cc1OC. The molecule has 0 heterocycles. The van der Waals surface area contributed by atoms with E-state index in [1.54, 1.807) is 14.2 Å². The molecule has 0 atom stereocenters. The molecule has 24 heavy (non-hydrogen) atoms. The van der Waals surface area contributed by atoms with Crippen LogP contribution in [0.4, 0.5) is 0 Å². The molecule has 0 aromatic heterocycles. The van der Waals surface area contributed by atoms with Crippen LogP contribution >= 0.6 is 0 Å². The molecule has 0 saturated carbocycles. The Labute approximate surface area is 145 Å². The average molecular weight is 328 g/mol. The topological polar surface area (TPSA) is 47.7 Å². The van der Waals surface area contributed by atoms with Crippen LogP contribution in [0, 0.1) is 0 Å². The number of nitrogens with zero attached hydrogens (tertiary/aromatic N) is 1. The van der Waals surface area contributed by atoms with E-state index in [-0.39, 0.29) is 0 Å². The maximum absolute atomic E-state index is 5.64. The Morgan fingerprint density at radius 2 is 1.54 bits per heavy atom. The molecule has 2 aromatic carbocycles. The third kappa shape index (κ3) is 5.55. The van der Waals surface area contributed by atoms with E-state index in [4.69, 9.17) is 15.2 Å². The molecule has 0 amide bonds. The standard InChI is InChI=1S/C20H28N2O2/c1-23-19-11-10-18(14-20(19)24-2)16-22(13-7-6-12-21)15-17-8-4-3-5-9-17/h3-5,8-11,14H,6-7,12-13,15-16,21H2,1-2H3. The molecular weight excluding hydrogens is 300 g/mol. The second kappa shape index (κ2) is 9.96. The Kier molecular flexibility index (Phi) is 7.59. The summed E-state index contributed by atoms with van der Waals surface area (Å²) in [6.45, 7) is 3.58. The Morgan fingerprint density at radius 3 is 2.21 bits per heavy atom. The number of hydrogen-bond donors (Lipinski definition) is 1. The van der Waals surface area contributed by atoms with Crippen molar-refractivity contribution in [1.29, 1.82) is 0 Å². The quantitative estimate of drug-likeness (QED) is 0.679. The van der Waals surface area contributed by atoms with Crippen molar-refractivity contribution in [3.63, 3.8) is 0 Å². The van der Waals surface area contributed by atoms with Gasteiger partial charge < -0.3 is 15.2 Å². The fourth-order valence-electron chi connectivity index (χ4n) is 2.77. The van der Waals surface area contributed by atoms with E-state index in [0.29, 0.717) is 0 Å². The van der Waals surface area contributed by atoms with E-state index in [1.807, 2.05) is 6.07 Å². The zero-order chi connectivity index (χ0) is 17.2. The highest BCUT2D eigenvalue weighted by atomic mass is 16.5. The summed E-state index contributed by atoms with van der Waals surface area (Å²) < 4.78 is 10.7. The van der Waals surface area contributed by atoms with Gasteiger partial charge >= 0.3 is 0 Å². The van der Waals surface area contributed by atoms with Crippen LogP contribution in [0.25, 0.3) is 0 Å². The highest BCUT2D eigenvalue weighted by molar-refractivity contribution is 5.42. The fourth-order valence-corrected chi connectivity index (χ4v) is 2.77. The van der Waals surface area contributed by atoms with Gasteiger partial charge in [-0.25, -0.2) is 0 Å². The van der Waals surface area contributed by atoms with E-state index in [2.05, 4.69) is 47.4 Å². The average Bonchev–Trinajstić information content (AvgIpc) is 2.62. The maximum atomic E-state index is 5.64. The lowest BCUT2D eigenvalue weighted by Crippen LogP contribution is -2.24. The molecule has 130 valence electrons. The van der Waals surface area contributed by atoms with Crippen molar-refractivity contribution in [2.24, 2.45) is 5.73 Å². The lowest BCUT2D eigenvalue weighted by molar-refractivity contribution is 0.251. The lowest BCUT2D eigenvalue weighted by atomic mass is 10.1. The molecule has 0 aliphatic heterocycles. The number of benzene rings is 2. The largest absolute Gasteiger partial charge is 0.493 e. The minimum absolute atomic E-state index is 0.746. The van der Waals surface area contributed by atoms with Gasteiger partial charge in [-0.1, -0.05) is 36.4 Å². The molecule has 2 N–H and O–H groups in total. The summed E-state index contributed by atoms with van der Waals surface area (Å²) in [4.78, 5) is 2.45. The Bertz CT molecular complexity index is 602. The number of nitrogens with two attached hydrogens (primary N) is 1. The van der Waals surface area contributed by atoms with Crippen molar-refractivity contribution in [3.8, 4) is 11.5 Å². The number of unbranched alkanes of at least 4 members (excludes halogenated alkanes) is 1. The van der Waals surface area contributed by atoms with Crippen molar-refractivity contribution in [2.45, 2.75) is 25.9 Å². The van der Waals surface area contributed by atoms with E-state index in [9.17, 15) is 0 Å². The highest BCUT2D eigenvalue weighted by Crippen LogP contribution is 2.28. The third-order valence-electron chi connectivity index (χ3n) is 4.03. The summed E-state index contributed by atoms with van der Waals surface area (Å²) in [6, 6.07) is 16.7. The summed E-state index contributed by atoms with van der Waals surface area (Å²) in [5.41, 5.74) is 8.18. The summed E-state index contributed by atoms with van der Waals surface area (Å²) >= 11 is 0. The summed E-state index contributed by atoms with van der Waals surface area (Å²) in [5, 5.41) is 0. The minimum atomic E-state index is 0.746. The number of rotatable bonds is 10. The Morgan fingerprint density at radius 1 is 0.833 bits per heavy atom. The molecule has 0 spiro atoms. The predicted molar refractivity (Wildman–Crippen MR) is 98.4 cm³/mol. The van der Waals surface area contributed by atoms with Gasteiger partial charge in [-0.15, -0.1) is 0 Å². The van der Waals surface area contributed by atoms with Gasteiger partial charge in [0.25, 0.3) is 0 Å². The maximum Gasteiger partial charge on any atom is 0.161 e. The minimum Gasteiger partial charge on any atom is -0.493 e. The number of ether oxygens (including phenoxy) is 2. The summed E-state index contributed by atoms with van der Waals surface area (Å²) in [6.07, 6.45) is 2.16. The second-order valence-corrected chi connectivity index (χ2v) is 5.88. The van der Waals surface area contributed by atoms with Crippen molar-refractivity contribution >= 4 is 0 Å². The van der Waals surface area contributed by atoms with Gasteiger partial charge in [-0.3, -0.25) is 4.90 Å². The van der Waals surface area contributed by atoms with Crippen LogP contribution in [0.1, 0.15) is 24.0 Å². The van der Waals surface area contributed by atoms with Crippen molar-refractivity contribution < 1.29 is 9.47 Å². The van der Waals surface area contributed by atoms with E-state index in [1.165, 1.54) is 11.1 Å². The smallest absolute Gasteiger partial charge is 0.161 e. The first-order valence-electron chi connectivity index (χ1n) is 8.44. The van der Waals surface area contributed by atoms with Crippen LogP contribution in [-0.4, -0.2) is 32.2 Å². The fraction of sp³-hybridized carbons (Fsp3) is 0.400. The number of hydrogen-bond acceptors (Lipinski definition) is 4. The normalized spacial score (nSPS) is 10.8. The molecule has 0 fully saturated rings. The first kappa shape index (κ1) is 18.3. The van der Waals surface area contributed by atoms with Crippen LogP contribution in [0.3, 0.4) is 0 Å². The summed E-state index contributed by atoms with van der Waals surface area (Å²) in [7, 11) is 3.33. The molecule has 0 saturated heterocycles. The third-order valence-corrected chi connectivity index (χ3v) is 4.03. The molecular formula is C20H28N2O2.